The van der Waals surface area contributed by atoms with Crippen molar-refractivity contribution < 1.29 is 19.3 Å². The number of rotatable bonds is 0. The molecule has 2 bridgehead atoms. The molecule has 4 unspecified atom stereocenters. The molecule has 5 rings (SSSR count). The highest BCUT2D eigenvalue weighted by atomic mass is 16.7. The summed E-state index contributed by atoms with van der Waals surface area (Å²) in [5.41, 5.74) is 2.08. The van der Waals surface area contributed by atoms with Crippen LogP contribution in [-0.4, -0.2) is 36.2 Å². The van der Waals surface area contributed by atoms with Gasteiger partial charge in [-0.3, -0.25) is 0 Å². The Morgan fingerprint density at radius 1 is 1.24 bits per heavy atom. The molecule has 3 aliphatic heterocycles. The van der Waals surface area contributed by atoms with Crippen molar-refractivity contribution in [3.63, 3.8) is 0 Å². The van der Waals surface area contributed by atoms with Crippen molar-refractivity contribution in [2.45, 2.75) is 36.7 Å². The zero-order chi connectivity index (χ0) is 14.0. The summed E-state index contributed by atoms with van der Waals surface area (Å²) in [5.74, 6) is 1.83. The van der Waals surface area contributed by atoms with Gasteiger partial charge in [-0.05, 0) is 29.7 Å². The van der Waals surface area contributed by atoms with Crippen LogP contribution in [0.1, 0.15) is 23.5 Å². The van der Waals surface area contributed by atoms with Gasteiger partial charge in [0.1, 0.15) is 5.60 Å². The number of hydrogen-bond acceptors (Lipinski definition) is 5. The third-order valence-electron chi connectivity index (χ3n) is 5.13. The van der Waals surface area contributed by atoms with Crippen LogP contribution in [0.25, 0.3) is 0 Å². The normalized spacial score (nSPS) is 38.8. The van der Waals surface area contributed by atoms with E-state index in [0.717, 1.165) is 18.0 Å². The van der Waals surface area contributed by atoms with Crippen LogP contribution in [0.4, 0.5) is 0 Å². The second kappa shape index (κ2) is 4.00. The summed E-state index contributed by atoms with van der Waals surface area (Å²) < 4.78 is 17.2. The average Bonchev–Trinajstić information content (AvgIpc) is 3.03. The molecule has 5 nitrogen and oxygen atoms in total. The molecule has 0 spiro atoms. The molecular weight excluding hydrogens is 270 g/mol. The number of fused-ring (bicyclic) bond motifs is 2. The molecule has 0 radical (unpaired) electrons. The molecule has 0 aromatic heterocycles. The second-order valence-corrected chi connectivity index (χ2v) is 6.28. The lowest BCUT2D eigenvalue weighted by Crippen LogP contribution is -2.41. The first kappa shape index (κ1) is 12.0. The predicted octanol–water partition coefficient (Wildman–Crippen LogP) is 1.06. The fourth-order valence-corrected chi connectivity index (χ4v) is 4.15. The van der Waals surface area contributed by atoms with E-state index in [1.54, 1.807) is 0 Å². The Hall–Kier alpha value is -1.56. The first-order valence-corrected chi connectivity index (χ1v) is 7.42. The van der Waals surface area contributed by atoms with E-state index in [0.29, 0.717) is 13.0 Å². The van der Waals surface area contributed by atoms with Crippen molar-refractivity contribution in [3.8, 4) is 11.5 Å². The molecule has 4 atom stereocenters. The number of nitrogens with one attached hydrogen (secondary N) is 1. The largest absolute Gasteiger partial charge is 0.454 e. The third-order valence-corrected chi connectivity index (χ3v) is 5.13. The first-order chi connectivity index (χ1) is 10.3. The van der Waals surface area contributed by atoms with Crippen LogP contribution in [0.15, 0.2) is 24.3 Å². The quantitative estimate of drug-likeness (QED) is 0.699. The summed E-state index contributed by atoms with van der Waals surface area (Å²) in [7, 11) is 0. The molecule has 0 amide bonds. The summed E-state index contributed by atoms with van der Waals surface area (Å²) in [6.07, 6.45) is 4.23. The minimum atomic E-state index is -0.411. The van der Waals surface area contributed by atoms with E-state index >= 15 is 0 Å². The molecule has 0 saturated carbocycles. The minimum absolute atomic E-state index is 0.212. The van der Waals surface area contributed by atoms with E-state index in [1.165, 1.54) is 11.1 Å². The topological polar surface area (TPSA) is 60.0 Å². The Morgan fingerprint density at radius 3 is 3.00 bits per heavy atom. The minimum Gasteiger partial charge on any atom is -0.454 e. The van der Waals surface area contributed by atoms with Crippen molar-refractivity contribution in [1.29, 1.82) is 0 Å². The molecule has 110 valence electrons. The lowest BCUT2D eigenvalue weighted by molar-refractivity contribution is -0.0322. The van der Waals surface area contributed by atoms with Gasteiger partial charge in [0.15, 0.2) is 11.5 Å². The zero-order valence-corrected chi connectivity index (χ0v) is 11.5. The van der Waals surface area contributed by atoms with Crippen molar-refractivity contribution in [2.75, 3.05) is 13.3 Å². The number of hydrogen-bond donors (Lipinski definition) is 2. The standard InChI is InChI=1S/C16H17NO4/c18-10-1-2-16-7-17-12(4-10)15(16)11-5-14-13(19-8-20-14)3-9(11)6-21-16/h1-3,5,10,12,15,17-18H,4,6-8H2. The maximum atomic E-state index is 10.0. The molecule has 1 aliphatic carbocycles. The van der Waals surface area contributed by atoms with Crippen LogP contribution in [0.3, 0.4) is 0 Å². The van der Waals surface area contributed by atoms with Crippen molar-refractivity contribution in [1.82, 2.24) is 5.32 Å². The Bertz CT molecular complexity index is 643. The van der Waals surface area contributed by atoms with Crippen molar-refractivity contribution >= 4 is 0 Å². The van der Waals surface area contributed by atoms with E-state index in [1.807, 2.05) is 12.1 Å². The second-order valence-electron chi connectivity index (χ2n) is 6.28. The summed E-state index contributed by atoms with van der Waals surface area (Å²) in [4.78, 5) is 0. The van der Waals surface area contributed by atoms with Gasteiger partial charge in [-0.2, -0.15) is 0 Å². The highest BCUT2D eigenvalue weighted by Gasteiger charge is 2.53. The Labute approximate surface area is 122 Å². The summed E-state index contributed by atoms with van der Waals surface area (Å²) in [6, 6.07) is 4.36. The summed E-state index contributed by atoms with van der Waals surface area (Å²) in [5, 5.41) is 13.6. The van der Waals surface area contributed by atoms with Gasteiger partial charge >= 0.3 is 0 Å². The lowest BCUT2D eigenvalue weighted by Gasteiger charge is -2.39. The fraction of sp³-hybridized carbons (Fsp3) is 0.500. The molecule has 1 saturated heterocycles. The van der Waals surface area contributed by atoms with Crippen LogP contribution in [0.5, 0.6) is 11.5 Å². The molecule has 2 N–H and O–H groups in total. The van der Waals surface area contributed by atoms with Gasteiger partial charge in [0.2, 0.25) is 6.79 Å². The van der Waals surface area contributed by atoms with E-state index < -0.39 is 6.10 Å². The number of ether oxygens (including phenoxy) is 3. The summed E-state index contributed by atoms with van der Waals surface area (Å²) in [6.45, 7) is 1.64. The van der Waals surface area contributed by atoms with Crippen molar-refractivity contribution in [3.05, 3.63) is 35.4 Å². The van der Waals surface area contributed by atoms with E-state index in [-0.39, 0.29) is 24.4 Å². The number of benzene rings is 1. The van der Waals surface area contributed by atoms with Crippen LogP contribution in [0, 0.1) is 0 Å². The number of aliphatic hydroxyl groups excluding tert-OH is 1. The third kappa shape index (κ3) is 1.56. The monoisotopic (exact) mass is 287 g/mol. The van der Waals surface area contributed by atoms with Gasteiger partial charge in [-0.25, -0.2) is 0 Å². The highest BCUT2D eigenvalue weighted by molar-refractivity contribution is 5.53. The van der Waals surface area contributed by atoms with Crippen LogP contribution >= 0.6 is 0 Å². The fourth-order valence-electron chi connectivity index (χ4n) is 4.15. The lowest BCUT2D eigenvalue weighted by atomic mass is 9.77. The Balaban J connectivity index is 1.68. The zero-order valence-electron chi connectivity index (χ0n) is 11.5. The van der Waals surface area contributed by atoms with Crippen LogP contribution in [-0.2, 0) is 11.3 Å². The average molecular weight is 287 g/mol. The molecular formula is C16H17NO4. The SMILES string of the molecule is OC1C=CC23CNC(C1)C2c1cc2c(cc1CO3)OCO2. The smallest absolute Gasteiger partial charge is 0.231 e. The molecule has 1 fully saturated rings. The van der Waals surface area contributed by atoms with E-state index in [2.05, 4.69) is 17.5 Å². The molecule has 3 heterocycles. The predicted molar refractivity (Wildman–Crippen MR) is 74.4 cm³/mol. The van der Waals surface area contributed by atoms with Gasteiger partial charge in [0.05, 0.1) is 12.7 Å². The summed E-state index contributed by atoms with van der Waals surface area (Å²) >= 11 is 0. The van der Waals surface area contributed by atoms with Crippen LogP contribution < -0.4 is 14.8 Å². The van der Waals surface area contributed by atoms with Gasteiger partial charge in [0, 0.05) is 18.5 Å². The van der Waals surface area contributed by atoms with Crippen LogP contribution in [0.2, 0.25) is 0 Å². The maximum Gasteiger partial charge on any atom is 0.231 e. The Morgan fingerprint density at radius 2 is 2.10 bits per heavy atom. The van der Waals surface area contributed by atoms with Crippen molar-refractivity contribution in [2.24, 2.45) is 0 Å². The molecule has 1 aromatic carbocycles. The molecule has 4 aliphatic rings. The van der Waals surface area contributed by atoms with E-state index in [9.17, 15) is 5.11 Å². The molecule has 5 heteroatoms. The van der Waals surface area contributed by atoms with Gasteiger partial charge in [-0.1, -0.05) is 12.2 Å². The van der Waals surface area contributed by atoms with Gasteiger partial charge in [0.25, 0.3) is 0 Å². The van der Waals surface area contributed by atoms with Gasteiger partial charge in [-0.15, -0.1) is 0 Å². The maximum absolute atomic E-state index is 10.0. The highest BCUT2D eigenvalue weighted by Crippen LogP contribution is 2.50. The van der Waals surface area contributed by atoms with Gasteiger partial charge < -0.3 is 24.6 Å². The molecule has 1 aromatic rings. The van der Waals surface area contributed by atoms with E-state index in [4.69, 9.17) is 14.2 Å². The number of aliphatic hydroxyl groups is 1. The first-order valence-electron chi connectivity index (χ1n) is 7.42. The molecule has 21 heavy (non-hydrogen) atoms. The Kier molecular flexibility index (Phi) is 2.29.